The van der Waals surface area contributed by atoms with Crippen LogP contribution < -0.4 is 9.47 Å². The third-order valence-corrected chi connectivity index (χ3v) is 8.31. The summed E-state index contributed by atoms with van der Waals surface area (Å²) in [5, 5.41) is 20.8. The normalized spacial score (nSPS) is 14.3. The number of Topliss-reactive ketones (excluding diaryl/α,β-unsaturated/α-hetero) is 1. The topological polar surface area (TPSA) is 126 Å². The first-order valence-electron chi connectivity index (χ1n) is 14.5. The monoisotopic (exact) mass is 670 g/mol. The molecular formula is C32H39BrN4O5S. The summed E-state index contributed by atoms with van der Waals surface area (Å²) in [6.45, 7) is 7.30. The Kier molecular flexibility index (Phi) is 10.6. The number of carbonyl (C=O) groups is 2. The highest BCUT2D eigenvalue weighted by Gasteiger charge is 2.32. The van der Waals surface area contributed by atoms with Gasteiger partial charge >= 0.3 is 5.97 Å². The number of aromatic nitrogens is 2. The summed E-state index contributed by atoms with van der Waals surface area (Å²) in [4.78, 5) is 35.6. The van der Waals surface area contributed by atoms with Crippen LogP contribution in [0.2, 0.25) is 0 Å². The van der Waals surface area contributed by atoms with E-state index in [0.29, 0.717) is 48.2 Å². The molecule has 2 N–H and O–H groups in total. The second-order valence-electron chi connectivity index (χ2n) is 12.0. The van der Waals surface area contributed by atoms with Gasteiger partial charge in [-0.3, -0.25) is 15.0 Å². The van der Waals surface area contributed by atoms with E-state index in [-0.39, 0.29) is 53.6 Å². The molecule has 3 aromatic rings. The fourth-order valence-electron chi connectivity index (χ4n) is 5.03. The molecule has 1 saturated carbocycles. The van der Waals surface area contributed by atoms with Crippen LogP contribution in [0, 0.1) is 5.41 Å². The molecule has 0 unspecified atom stereocenters. The molecule has 5 rings (SSSR count). The van der Waals surface area contributed by atoms with Crippen molar-refractivity contribution >= 4 is 45.9 Å². The van der Waals surface area contributed by atoms with Gasteiger partial charge in [0.2, 0.25) is 0 Å². The lowest BCUT2D eigenvalue weighted by Gasteiger charge is -2.26. The van der Waals surface area contributed by atoms with Crippen LogP contribution in [0.4, 0.5) is 0 Å². The van der Waals surface area contributed by atoms with Gasteiger partial charge in [-0.05, 0) is 49.3 Å². The number of carboxylic acids is 1. The predicted octanol–water partition coefficient (Wildman–Crippen LogP) is 6.57. The third kappa shape index (κ3) is 8.20. The number of ether oxygens (including phenoxy) is 2. The molecule has 2 aromatic heterocycles. The zero-order valence-electron chi connectivity index (χ0n) is 24.9. The molecule has 0 radical (unpaired) electrons. The van der Waals surface area contributed by atoms with Crippen molar-refractivity contribution in [2.45, 2.75) is 77.2 Å². The summed E-state index contributed by atoms with van der Waals surface area (Å²) in [6, 6.07) is 7.68. The first kappa shape index (κ1) is 32.6. The fraction of sp³-hybridized carbons (Fsp3) is 0.469. The second kappa shape index (κ2) is 14.0. The van der Waals surface area contributed by atoms with Gasteiger partial charge in [0.25, 0.3) is 0 Å². The lowest BCUT2D eigenvalue weighted by molar-refractivity contribution is -0.137. The molecule has 43 heavy (non-hydrogen) atoms. The van der Waals surface area contributed by atoms with Crippen molar-refractivity contribution in [1.82, 2.24) is 14.9 Å². The smallest absolute Gasteiger partial charge is 0.303 e. The summed E-state index contributed by atoms with van der Waals surface area (Å²) < 4.78 is 12.4. The molecule has 1 aromatic carbocycles. The number of nitrogens with one attached hydrogen (secondary N) is 1. The van der Waals surface area contributed by atoms with E-state index in [4.69, 9.17) is 25.0 Å². The maximum Gasteiger partial charge on any atom is 0.303 e. The number of carbonyl (C=O) groups excluding carboxylic acids is 1. The first-order chi connectivity index (χ1) is 20.1. The number of rotatable bonds is 14. The zero-order chi connectivity index (χ0) is 29.9. The van der Waals surface area contributed by atoms with Gasteiger partial charge in [-0.25, -0.2) is 9.97 Å². The standard InChI is InChI=1S/C32H38N4O5S.BrH/c1-32(2,3)23-16-22(25(37)19-36-18-21-10-11-24(20-8-9-20)35-29(21)31(36)33)17-26(30(23)41-14-5-7-28(38)39)40-13-4-6-27-34-12-15-42-27;/h10-12,15-17,20,33H,4-9,13-14,18-19H2,1-3H3,(H,38,39);1H. The van der Waals surface area contributed by atoms with Gasteiger partial charge < -0.3 is 19.5 Å². The molecule has 0 amide bonds. The molecule has 1 fully saturated rings. The Bertz CT molecular complexity index is 1470. The van der Waals surface area contributed by atoms with Crippen LogP contribution in [0.15, 0.2) is 35.8 Å². The second-order valence-corrected chi connectivity index (χ2v) is 12.9. The molecule has 230 valence electrons. The predicted molar refractivity (Wildman–Crippen MR) is 172 cm³/mol. The first-order valence-corrected chi connectivity index (χ1v) is 15.4. The average molecular weight is 672 g/mol. The van der Waals surface area contributed by atoms with Crippen molar-refractivity contribution in [2.75, 3.05) is 19.8 Å². The van der Waals surface area contributed by atoms with Gasteiger partial charge in [-0.15, -0.1) is 28.3 Å². The number of amidine groups is 1. The summed E-state index contributed by atoms with van der Waals surface area (Å²) in [6.07, 6.45) is 5.97. The molecule has 2 aliphatic rings. The molecule has 3 heterocycles. The van der Waals surface area contributed by atoms with Crippen LogP contribution in [0.25, 0.3) is 0 Å². The van der Waals surface area contributed by atoms with E-state index in [1.54, 1.807) is 28.5 Å². The number of aryl methyl sites for hydroxylation is 1. The Morgan fingerprint density at radius 2 is 1.91 bits per heavy atom. The van der Waals surface area contributed by atoms with Crippen molar-refractivity contribution in [1.29, 1.82) is 5.41 Å². The summed E-state index contributed by atoms with van der Waals surface area (Å²) >= 11 is 1.61. The molecule has 0 spiro atoms. The van der Waals surface area contributed by atoms with E-state index in [9.17, 15) is 9.59 Å². The number of carboxylic acid groups (broad SMARTS) is 1. The van der Waals surface area contributed by atoms with E-state index in [0.717, 1.165) is 47.5 Å². The number of halogens is 1. The van der Waals surface area contributed by atoms with Gasteiger partial charge in [0.15, 0.2) is 17.3 Å². The van der Waals surface area contributed by atoms with Crippen LogP contribution in [-0.2, 0) is 23.2 Å². The molecule has 0 atom stereocenters. The molecule has 1 aliphatic heterocycles. The van der Waals surface area contributed by atoms with Crippen molar-refractivity contribution in [3.8, 4) is 11.5 Å². The Morgan fingerprint density at radius 1 is 1.14 bits per heavy atom. The van der Waals surface area contributed by atoms with E-state index >= 15 is 0 Å². The van der Waals surface area contributed by atoms with Crippen molar-refractivity contribution in [3.63, 3.8) is 0 Å². The zero-order valence-corrected chi connectivity index (χ0v) is 27.4. The highest BCUT2D eigenvalue weighted by molar-refractivity contribution is 8.93. The molecule has 9 nitrogen and oxygen atoms in total. The number of benzene rings is 1. The SMILES string of the molecule is Br.CC(C)(C)c1cc(C(=O)CN2Cc3ccc(C4CC4)nc3C2=N)cc(OCCCc2nccs2)c1OCCCC(=O)O. The summed E-state index contributed by atoms with van der Waals surface area (Å²) in [7, 11) is 0. The average Bonchev–Trinajstić information content (AvgIpc) is 3.58. The Labute approximate surface area is 266 Å². The Balaban J connectivity index is 0.00000423. The number of thiazole rings is 1. The highest BCUT2D eigenvalue weighted by Crippen LogP contribution is 2.41. The molecular weight excluding hydrogens is 632 g/mol. The van der Waals surface area contributed by atoms with Gasteiger partial charge in [-0.1, -0.05) is 26.8 Å². The fourth-order valence-corrected chi connectivity index (χ4v) is 5.69. The van der Waals surface area contributed by atoms with Crippen LogP contribution in [-0.4, -0.2) is 57.3 Å². The van der Waals surface area contributed by atoms with Crippen LogP contribution >= 0.6 is 28.3 Å². The van der Waals surface area contributed by atoms with Crippen molar-refractivity contribution < 1.29 is 24.2 Å². The van der Waals surface area contributed by atoms with E-state index in [2.05, 4.69) is 11.1 Å². The number of ketones is 1. The molecule has 0 saturated heterocycles. The van der Waals surface area contributed by atoms with Gasteiger partial charge in [0.1, 0.15) is 11.5 Å². The maximum absolute atomic E-state index is 13.7. The lowest BCUT2D eigenvalue weighted by atomic mass is 9.84. The largest absolute Gasteiger partial charge is 0.490 e. The molecule has 1 aliphatic carbocycles. The summed E-state index contributed by atoms with van der Waals surface area (Å²) in [5.74, 6) is 0.800. The number of nitrogens with zero attached hydrogens (tertiary/aromatic N) is 3. The van der Waals surface area contributed by atoms with Crippen molar-refractivity contribution in [3.05, 3.63) is 68.9 Å². The number of hydrogen-bond acceptors (Lipinski definition) is 8. The number of aliphatic carboxylic acids is 1. The Morgan fingerprint density at radius 3 is 2.58 bits per heavy atom. The van der Waals surface area contributed by atoms with E-state index in [1.807, 2.05) is 38.3 Å². The maximum atomic E-state index is 13.7. The molecule has 11 heteroatoms. The minimum Gasteiger partial charge on any atom is -0.490 e. The highest BCUT2D eigenvalue weighted by atomic mass is 79.9. The molecule has 0 bridgehead atoms. The Hall–Kier alpha value is -3.31. The van der Waals surface area contributed by atoms with Crippen LogP contribution in [0.5, 0.6) is 11.5 Å². The third-order valence-electron chi connectivity index (χ3n) is 7.47. The van der Waals surface area contributed by atoms with Crippen LogP contribution in [0.1, 0.15) is 96.7 Å². The summed E-state index contributed by atoms with van der Waals surface area (Å²) in [5.41, 5.74) is 3.62. The minimum absolute atomic E-state index is 0. The lowest BCUT2D eigenvalue weighted by Crippen LogP contribution is -2.30. The van der Waals surface area contributed by atoms with Crippen LogP contribution in [0.3, 0.4) is 0 Å². The van der Waals surface area contributed by atoms with E-state index in [1.165, 1.54) is 0 Å². The quantitative estimate of drug-likeness (QED) is 0.146. The van der Waals surface area contributed by atoms with Gasteiger partial charge in [-0.2, -0.15) is 0 Å². The number of pyridine rings is 1. The number of hydrogen-bond donors (Lipinski definition) is 2. The van der Waals surface area contributed by atoms with Gasteiger partial charge in [0, 0.05) is 59.3 Å². The van der Waals surface area contributed by atoms with Crippen molar-refractivity contribution in [2.24, 2.45) is 0 Å². The minimum atomic E-state index is -0.872. The van der Waals surface area contributed by atoms with E-state index < -0.39 is 5.97 Å². The van der Waals surface area contributed by atoms with Gasteiger partial charge in [0.05, 0.1) is 24.8 Å². The number of fused-ring (bicyclic) bond motifs is 1.